The fourth-order valence-electron chi connectivity index (χ4n) is 4.53. The van der Waals surface area contributed by atoms with Gasteiger partial charge in [0.1, 0.15) is 0 Å². The fourth-order valence-corrected chi connectivity index (χ4v) is 5.01. The Morgan fingerprint density at radius 3 is 2.21 bits per heavy atom. The molecule has 5 nitrogen and oxygen atoms in total. The maximum Gasteiger partial charge on any atom is 0.222 e. The van der Waals surface area contributed by atoms with Gasteiger partial charge in [-0.2, -0.15) is 0 Å². The second kappa shape index (κ2) is 9.88. The maximum absolute atomic E-state index is 12.5. The van der Waals surface area contributed by atoms with Crippen LogP contribution in [0.1, 0.15) is 56.1 Å². The Kier molecular flexibility index (Phi) is 7.52. The highest BCUT2D eigenvalue weighted by Gasteiger charge is 2.26. The molecule has 1 aromatic rings. The van der Waals surface area contributed by atoms with E-state index in [1.54, 1.807) is 0 Å². The zero-order valence-corrected chi connectivity index (χ0v) is 17.8. The summed E-state index contributed by atoms with van der Waals surface area (Å²) in [4.78, 5) is 14.6. The molecule has 0 unspecified atom stereocenters. The van der Waals surface area contributed by atoms with Crippen molar-refractivity contribution in [3.05, 3.63) is 35.4 Å². The summed E-state index contributed by atoms with van der Waals surface area (Å²) in [6, 6.07) is 8.51. The normalized spacial score (nSPS) is 19.2. The second-order valence-corrected chi connectivity index (χ2v) is 10.4. The number of amides is 1. The van der Waals surface area contributed by atoms with Gasteiger partial charge in [-0.25, -0.2) is 13.1 Å². The van der Waals surface area contributed by atoms with Crippen LogP contribution in [0.2, 0.25) is 0 Å². The molecule has 1 aliphatic heterocycles. The second-order valence-electron chi connectivity index (χ2n) is 8.62. The highest BCUT2D eigenvalue weighted by Crippen LogP contribution is 2.29. The van der Waals surface area contributed by atoms with Gasteiger partial charge in [0.15, 0.2) is 0 Å². The molecular formula is C22H34N2O3S. The van der Waals surface area contributed by atoms with Gasteiger partial charge in [-0.15, -0.1) is 0 Å². The molecule has 2 fully saturated rings. The van der Waals surface area contributed by atoms with E-state index in [-0.39, 0.29) is 0 Å². The molecule has 0 aromatic heterocycles. The average molecular weight is 407 g/mol. The smallest absolute Gasteiger partial charge is 0.222 e. The summed E-state index contributed by atoms with van der Waals surface area (Å²) in [6.07, 6.45) is 11.0. The minimum atomic E-state index is -3.12. The molecule has 1 N–H and O–H groups in total. The van der Waals surface area contributed by atoms with Crippen molar-refractivity contribution in [2.45, 2.75) is 57.8 Å². The van der Waals surface area contributed by atoms with Gasteiger partial charge in [0.05, 0.1) is 6.26 Å². The van der Waals surface area contributed by atoms with E-state index in [9.17, 15) is 13.2 Å². The fraction of sp³-hybridized carbons (Fsp3) is 0.682. The van der Waals surface area contributed by atoms with E-state index >= 15 is 0 Å². The minimum Gasteiger partial charge on any atom is -0.343 e. The van der Waals surface area contributed by atoms with Crippen LogP contribution in [0.5, 0.6) is 0 Å². The maximum atomic E-state index is 12.5. The molecule has 3 rings (SSSR count). The number of carbonyl (C=O) groups excluding carboxylic acids is 1. The number of nitrogens with zero attached hydrogens (tertiary/aromatic N) is 1. The van der Waals surface area contributed by atoms with Crippen molar-refractivity contribution in [1.29, 1.82) is 0 Å². The van der Waals surface area contributed by atoms with Crippen molar-refractivity contribution in [2.24, 2.45) is 11.8 Å². The molecule has 0 spiro atoms. The standard InChI is InChI=1S/C22H34N2O3S/c1-28(26,27)23-13-10-18-6-8-20(9-7-18)16-21-11-14-24(15-12-21)22(25)17-19-4-2-3-5-19/h6-9,19,21,23H,2-5,10-17H2,1H3. The number of sulfonamides is 1. The third-order valence-corrected chi connectivity index (χ3v) is 6.96. The predicted molar refractivity (Wildman–Crippen MR) is 113 cm³/mol. The van der Waals surface area contributed by atoms with Gasteiger partial charge in [0.25, 0.3) is 0 Å². The van der Waals surface area contributed by atoms with Gasteiger partial charge in [-0.3, -0.25) is 4.79 Å². The monoisotopic (exact) mass is 406 g/mol. The first-order chi connectivity index (χ1) is 13.4. The molecule has 1 aromatic carbocycles. The van der Waals surface area contributed by atoms with E-state index in [4.69, 9.17) is 0 Å². The van der Waals surface area contributed by atoms with Crippen molar-refractivity contribution >= 4 is 15.9 Å². The van der Waals surface area contributed by atoms with Gasteiger partial charge in [-0.05, 0) is 61.5 Å². The van der Waals surface area contributed by atoms with Crippen LogP contribution in [0, 0.1) is 11.8 Å². The summed E-state index contributed by atoms with van der Waals surface area (Å²) in [5, 5.41) is 0. The van der Waals surface area contributed by atoms with E-state index in [0.29, 0.717) is 30.7 Å². The molecule has 1 saturated heterocycles. The number of hydrogen-bond donors (Lipinski definition) is 1. The number of carbonyl (C=O) groups is 1. The van der Waals surface area contributed by atoms with Gasteiger partial charge in [-0.1, -0.05) is 37.1 Å². The largest absolute Gasteiger partial charge is 0.343 e. The third-order valence-electron chi connectivity index (χ3n) is 6.23. The Labute approximate surface area is 169 Å². The highest BCUT2D eigenvalue weighted by atomic mass is 32.2. The zero-order valence-electron chi connectivity index (χ0n) is 17.0. The molecule has 2 aliphatic rings. The molecular weight excluding hydrogens is 372 g/mol. The summed E-state index contributed by atoms with van der Waals surface area (Å²) >= 11 is 0. The van der Waals surface area contributed by atoms with E-state index in [1.165, 1.54) is 37.5 Å². The molecule has 0 atom stereocenters. The van der Waals surface area contributed by atoms with E-state index < -0.39 is 10.0 Å². The molecule has 0 bridgehead atoms. The molecule has 6 heteroatoms. The zero-order chi connectivity index (χ0) is 20.0. The van der Waals surface area contributed by atoms with E-state index in [2.05, 4.69) is 33.9 Å². The van der Waals surface area contributed by atoms with Gasteiger partial charge in [0.2, 0.25) is 15.9 Å². The van der Waals surface area contributed by atoms with E-state index in [1.807, 2.05) is 0 Å². The number of piperidine rings is 1. The van der Waals surface area contributed by atoms with Crippen LogP contribution in [-0.4, -0.2) is 45.1 Å². The molecule has 156 valence electrons. The van der Waals surface area contributed by atoms with Gasteiger partial charge >= 0.3 is 0 Å². The Morgan fingerprint density at radius 1 is 1.00 bits per heavy atom. The average Bonchev–Trinajstić information content (AvgIpc) is 3.16. The Morgan fingerprint density at radius 2 is 1.61 bits per heavy atom. The van der Waals surface area contributed by atoms with Crippen molar-refractivity contribution < 1.29 is 13.2 Å². The van der Waals surface area contributed by atoms with Gasteiger partial charge in [0, 0.05) is 26.1 Å². The van der Waals surface area contributed by atoms with Crippen LogP contribution in [0.3, 0.4) is 0 Å². The van der Waals surface area contributed by atoms with E-state index in [0.717, 1.165) is 44.3 Å². The van der Waals surface area contributed by atoms with Crippen LogP contribution in [0.15, 0.2) is 24.3 Å². The lowest BCUT2D eigenvalue weighted by Gasteiger charge is -2.32. The Balaban J connectivity index is 1.38. The number of rotatable bonds is 8. The number of likely N-dealkylation sites (tertiary alicyclic amines) is 1. The Hall–Kier alpha value is -1.40. The lowest BCUT2D eigenvalue weighted by molar-refractivity contribution is -0.133. The summed E-state index contributed by atoms with van der Waals surface area (Å²) < 4.78 is 24.8. The number of nitrogens with one attached hydrogen (secondary N) is 1. The molecule has 0 radical (unpaired) electrons. The molecule has 1 heterocycles. The van der Waals surface area contributed by atoms with Crippen molar-refractivity contribution in [3.8, 4) is 0 Å². The lowest BCUT2D eigenvalue weighted by Crippen LogP contribution is -2.39. The van der Waals surface area contributed by atoms with Crippen LogP contribution in [0.25, 0.3) is 0 Å². The van der Waals surface area contributed by atoms with Crippen LogP contribution in [0.4, 0.5) is 0 Å². The first kappa shape index (κ1) is 21.3. The number of benzene rings is 1. The van der Waals surface area contributed by atoms with Crippen LogP contribution >= 0.6 is 0 Å². The molecule has 1 saturated carbocycles. The molecule has 1 aliphatic carbocycles. The Bertz CT molecular complexity index is 732. The first-order valence-corrected chi connectivity index (χ1v) is 12.6. The summed E-state index contributed by atoms with van der Waals surface area (Å²) in [6.45, 7) is 2.25. The summed E-state index contributed by atoms with van der Waals surface area (Å²) in [7, 11) is -3.12. The van der Waals surface area contributed by atoms with Crippen LogP contribution in [-0.2, 0) is 27.7 Å². The van der Waals surface area contributed by atoms with Gasteiger partial charge < -0.3 is 4.90 Å². The quantitative estimate of drug-likeness (QED) is 0.721. The summed E-state index contributed by atoms with van der Waals surface area (Å²) in [5.41, 5.74) is 2.47. The lowest BCUT2D eigenvalue weighted by atomic mass is 9.89. The minimum absolute atomic E-state index is 0.373. The SMILES string of the molecule is CS(=O)(=O)NCCc1ccc(CC2CCN(C(=O)CC3CCCC3)CC2)cc1. The van der Waals surface area contributed by atoms with Crippen LogP contribution < -0.4 is 4.72 Å². The first-order valence-electron chi connectivity index (χ1n) is 10.7. The third kappa shape index (κ3) is 6.89. The molecule has 1 amide bonds. The van der Waals surface area contributed by atoms with Crippen molar-refractivity contribution in [1.82, 2.24) is 9.62 Å². The van der Waals surface area contributed by atoms with Crippen molar-refractivity contribution in [2.75, 3.05) is 25.9 Å². The predicted octanol–water partition coefficient (Wildman–Crippen LogP) is 3.14. The highest BCUT2D eigenvalue weighted by molar-refractivity contribution is 7.88. The molecule has 28 heavy (non-hydrogen) atoms. The summed E-state index contributed by atoms with van der Waals surface area (Å²) in [5.74, 6) is 1.65. The topological polar surface area (TPSA) is 66.5 Å². The van der Waals surface area contributed by atoms with Crippen molar-refractivity contribution in [3.63, 3.8) is 0 Å². The number of hydrogen-bond acceptors (Lipinski definition) is 3.